The van der Waals surface area contributed by atoms with Crippen LogP contribution in [0.15, 0.2) is 24.3 Å². The topological polar surface area (TPSA) is 20.2 Å². The summed E-state index contributed by atoms with van der Waals surface area (Å²) in [4.78, 5) is 0. The van der Waals surface area contributed by atoms with Crippen LogP contribution in [-0.4, -0.2) is 5.11 Å². The summed E-state index contributed by atoms with van der Waals surface area (Å²) in [5.41, 5.74) is 2.41. The van der Waals surface area contributed by atoms with Crippen molar-refractivity contribution in [2.45, 2.75) is 12.5 Å². The fourth-order valence-electron chi connectivity index (χ4n) is 1.23. The number of hydrogen-bond donors (Lipinski definition) is 1. The lowest BCUT2D eigenvalue weighted by molar-refractivity contribution is 0.154. The second kappa shape index (κ2) is 1.58. The molecule has 1 aliphatic rings. The maximum atomic E-state index is 9.10. The maximum absolute atomic E-state index is 9.10. The van der Waals surface area contributed by atoms with Crippen LogP contribution in [0.2, 0.25) is 0 Å². The molecule has 0 heterocycles. The Bertz CT molecular complexity index is 230. The summed E-state index contributed by atoms with van der Waals surface area (Å²) >= 11 is 0. The first kappa shape index (κ1) is 5.00. The zero-order valence-electron chi connectivity index (χ0n) is 5.04. The Morgan fingerprint density at radius 3 is 2.67 bits per heavy atom. The quantitative estimate of drug-likeness (QED) is 0.546. The van der Waals surface area contributed by atoms with E-state index < -0.39 is 0 Å². The van der Waals surface area contributed by atoms with Gasteiger partial charge in [-0.25, -0.2) is 0 Å². The summed E-state index contributed by atoms with van der Waals surface area (Å²) < 4.78 is 0. The number of rotatable bonds is 0. The number of benzene rings is 1. The van der Waals surface area contributed by atoms with Crippen LogP contribution in [0.1, 0.15) is 17.2 Å². The highest BCUT2D eigenvalue weighted by Gasteiger charge is 2.21. The standard InChI is InChI=1S/C8H8O/c9-8-5-6-3-1-2-4-7(6)8/h1-4,8-9H,5H2/t8-/m1/s1. The lowest BCUT2D eigenvalue weighted by Gasteiger charge is -2.24. The molecule has 0 saturated carbocycles. The summed E-state index contributed by atoms with van der Waals surface area (Å²) in [7, 11) is 0. The number of aliphatic hydroxyl groups excluding tert-OH is 1. The smallest absolute Gasteiger partial charge is 0.0833 e. The zero-order chi connectivity index (χ0) is 6.27. The Labute approximate surface area is 53.9 Å². The first-order chi connectivity index (χ1) is 4.38. The van der Waals surface area contributed by atoms with Crippen LogP contribution in [0, 0.1) is 0 Å². The molecular weight excluding hydrogens is 112 g/mol. The zero-order valence-corrected chi connectivity index (χ0v) is 5.04. The molecule has 1 atom stereocenters. The molecule has 1 heteroatoms. The number of fused-ring (bicyclic) bond motifs is 1. The molecule has 1 aromatic rings. The van der Waals surface area contributed by atoms with E-state index in [4.69, 9.17) is 5.11 Å². The minimum Gasteiger partial charge on any atom is -0.388 e. The molecule has 1 aliphatic carbocycles. The van der Waals surface area contributed by atoms with E-state index in [0.29, 0.717) is 0 Å². The largest absolute Gasteiger partial charge is 0.388 e. The van der Waals surface area contributed by atoms with Crippen molar-refractivity contribution in [2.24, 2.45) is 0 Å². The molecule has 2 rings (SSSR count). The Kier molecular flexibility index (Phi) is 0.878. The van der Waals surface area contributed by atoms with Gasteiger partial charge in [-0.15, -0.1) is 0 Å². The van der Waals surface area contributed by atoms with Crippen LogP contribution in [0.4, 0.5) is 0 Å². The average molecular weight is 120 g/mol. The lowest BCUT2D eigenvalue weighted by Crippen LogP contribution is -2.15. The minimum atomic E-state index is -0.179. The molecule has 0 aromatic heterocycles. The van der Waals surface area contributed by atoms with E-state index in [2.05, 4.69) is 6.07 Å². The summed E-state index contributed by atoms with van der Waals surface area (Å²) in [6.07, 6.45) is 0.664. The van der Waals surface area contributed by atoms with Gasteiger partial charge in [-0.2, -0.15) is 0 Å². The van der Waals surface area contributed by atoms with E-state index in [0.717, 1.165) is 12.0 Å². The molecular formula is C8H8O. The highest BCUT2D eigenvalue weighted by Crippen LogP contribution is 2.31. The molecule has 1 N–H and O–H groups in total. The van der Waals surface area contributed by atoms with Crippen molar-refractivity contribution in [3.05, 3.63) is 35.4 Å². The first-order valence-electron chi connectivity index (χ1n) is 3.14. The summed E-state index contributed by atoms with van der Waals surface area (Å²) in [5.74, 6) is 0. The molecule has 0 radical (unpaired) electrons. The van der Waals surface area contributed by atoms with Crippen molar-refractivity contribution >= 4 is 0 Å². The molecule has 0 saturated heterocycles. The van der Waals surface area contributed by atoms with Gasteiger partial charge in [0.05, 0.1) is 6.10 Å². The molecule has 46 valence electrons. The van der Waals surface area contributed by atoms with Crippen LogP contribution in [0.3, 0.4) is 0 Å². The first-order valence-corrected chi connectivity index (χ1v) is 3.14. The summed E-state index contributed by atoms with van der Waals surface area (Å²) in [6, 6.07) is 8.00. The van der Waals surface area contributed by atoms with Gasteiger partial charge in [0.2, 0.25) is 0 Å². The Morgan fingerprint density at radius 2 is 2.11 bits per heavy atom. The normalized spacial score (nSPS) is 22.6. The monoisotopic (exact) mass is 120 g/mol. The van der Waals surface area contributed by atoms with E-state index in [-0.39, 0.29) is 6.10 Å². The van der Waals surface area contributed by atoms with Crippen molar-refractivity contribution in [1.82, 2.24) is 0 Å². The van der Waals surface area contributed by atoms with Crippen LogP contribution < -0.4 is 0 Å². The second-order valence-corrected chi connectivity index (χ2v) is 2.42. The Morgan fingerprint density at radius 1 is 1.33 bits per heavy atom. The predicted molar refractivity (Wildman–Crippen MR) is 35.1 cm³/mol. The van der Waals surface area contributed by atoms with Crippen LogP contribution in [-0.2, 0) is 6.42 Å². The van der Waals surface area contributed by atoms with Crippen molar-refractivity contribution in [2.75, 3.05) is 0 Å². The third-order valence-electron chi connectivity index (χ3n) is 1.83. The molecule has 0 unspecified atom stereocenters. The van der Waals surface area contributed by atoms with E-state index in [1.54, 1.807) is 0 Å². The van der Waals surface area contributed by atoms with E-state index >= 15 is 0 Å². The van der Waals surface area contributed by atoms with Gasteiger partial charge in [0.15, 0.2) is 0 Å². The van der Waals surface area contributed by atoms with Crippen molar-refractivity contribution in [1.29, 1.82) is 0 Å². The third kappa shape index (κ3) is 0.583. The molecule has 0 spiro atoms. The van der Waals surface area contributed by atoms with E-state index in [1.165, 1.54) is 5.56 Å². The SMILES string of the molecule is O[C@@H]1Cc2ccccc21. The highest BCUT2D eigenvalue weighted by molar-refractivity contribution is 5.37. The van der Waals surface area contributed by atoms with Gasteiger partial charge in [-0.1, -0.05) is 24.3 Å². The summed E-state index contributed by atoms with van der Waals surface area (Å²) in [6.45, 7) is 0. The Balaban J connectivity index is 2.51. The van der Waals surface area contributed by atoms with Crippen molar-refractivity contribution in [3.63, 3.8) is 0 Å². The predicted octanol–water partition coefficient (Wildman–Crippen LogP) is 1.28. The van der Waals surface area contributed by atoms with E-state index in [1.807, 2.05) is 18.2 Å². The van der Waals surface area contributed by atoms with Crippen molar-refractivity contribution in [3.8, 4) is 0 Å². The van der Waals surface area contributed by atoms with Crippen LogP contribution >= 0.6 is 0 Å². The highest BCUT2D eigenvalue weighted by atomic mass is 16.3. The van der Waals surface area contributed by atoms with Gasteiger partial charge in [-0.3, -0.25) is 0 Å². The molecule has 0 bridgehead atoms. The summed E-state index contributed by atoms with van der Waals surface area (Å²) in [5, 5.41) is 9.10. The van der Waals surface area contributed by atoms with Gasteiger partial charge in [-0.05, 0) is 11.1 Å². The molecule has 0 fully saturated rings. The van der Waals surface area contributed by atoms with Crippen molar-refractivity contribution < 1.29 is 5.11 Å². The molecule has 0 amide bonds. The van der Waals surface area contributed by atoms with Gasteiger partial charge >= 0.3 is 0 Å². The minimum absolute atomic E-state index is 0.179. The van der Waals surface area contributed by atoms with Gasteiger partial charge in [0, 0.05) is 6.42 Å². The van der Waals surface area contributed by atoms with Gasteiger partial charge in [0.1, 0.15) is 0 Å². The van der Waals surface area contributed by atoms with Gasteiger partial charge in [0.25, 0.3) is 0 Å². The fraction of sp³-hybridized carbons (Fsp3) is 0.250. The Hall–Kier alpha value is -0.820. The third-order valence-corrected chi connectivity index (χ3v) is 1.83. The molecule has 1 aromatic carbocycles. The average Bonchev–Trinajstić information content (AvgIpc) is 1.86. The lowest BCUT2D eigenvalue weighted by atomic mass is 9.86. The number of hydrogen-bond acceptors (Lipinski definition) is 1. The fourth-order valence-corrected chi connectivity index (χ4v) is 1.23. The molecule has 0 aliphatic heterocycles. The van der Waals surface area contributed by atoms with E-state index in [9.17, 15) is 0 Å². The molecule has 9 heavy (non-hydrogen) atoms. The van der Waals surface area contributed by atoms with Crippen LogP contribution in [0.25, 0.3) is 0 Å². The second-order valence-electron chi connectivity index (χ2n) is 2.42. The van der Waals surface area contributed by atoms with Crippen LogP contribution in [0.5, 0.6) is 0 Å². The maximum Gasteiger partial charge on any atom is 0.0833 e. The number of aliphatic hydroxyl groups is 1. The molecule has 1 nitrogen and oxygen atoms in total. The van der Waals surface area contributed by atoms with Gasteiger partial charge < -0.3 is 5.11 Å².